The third-order valence-electron chi connectivity index (χ3n) is 3.16. The highest BCUT2D eigenvalue weighted by Crippen LogP contribution is 2.29. The molecule has 3 rings (SSSR count). The van der Waals surface area contributed by atoms with Crippen LogP contribution in [0.5, 0.6) is 0 Å². The second-order valence-corrected chi connectivity index (χ2v) is 4.47. The Kier molecular flexibility index (Phi) is 3.01. The van der Waals surface area contributed by atoms with Crippen LogP contribution >= 0.6 is 0 Å². The van der Waals surface area contributed by atoms with Gasteiger partial charge in [-0.3, -0.25) is 4.84 Å². The van der Waals surface area contributed by atoms with E-state index in [-0.39, 0.29) is 6.10 Å². The van der Waals surface area contributed by atoms with Gasteiger partial charge in [0.1, 0.15) is 6.10 Å². The van der Waals surface area contributed by atoms with Gasteiger partial charge in [0.2, 0.25) is 0 Å². The van der Waals surface area contributed by atoms with Crippen molar-refractivity contribution in [2.24, 2.45) is 0 Å². The molecule has 4 nitrogen and oxygen atoms in total. The van der Waals surface area contributed by atoms with E-state index < -0.39 is 0 Å². The van der Waals surface area contributed by atoms with Crippen molar-refractivity contribution in [2.45, 2.75) is 12.5 Å². The molecule has 0 saturated carbocycles. The lowest BCUT2D eigenvalue weighted by atomic mass is 10.1. The van der Waals surface area contributed by atoms with Gasteiger partial charge in [0.15, 0.2) is 0 Å². The summed E-state index contributed by atoms with van der Waals surface area (Å²) >= 11 is 0. The van der Waals surface area contributed by atoms with Crippen LogP contribution in [-0.4, -0.2) is 25.9 Å². The zero-order chi connectivity index (χ0) is 12.4. The van der Waals surface area contributed by atoms with E-state index in [9.17, 15) is 0 Å². The smallest absolute Gasteiger partial charge is 0.111 e. The van der Waals surface area contributed by atoms with Crippen molar-refractivity contribution in [3.63, 3.8) is 0 Å². The Morgan fingerprint density at radius 3 is 3.06 bits per heavy atom. The Morgan fingerprint density at radius 1 is 1.39 bits per heavy atom. The first-order valence-corrected chi connectivity index (χ1v) is 6.08. The second-order valence-electron chi connectivity index (χ2n) is 4.47. The van der Waals surface area contributed by atoms with Crippen molar-refractivity contribution >= 4 is 11.8 Å². The van der Waals surface area contributed by atoms with Gasteiger partial charge >= 0.3 is 0 Å². The summed E-state index contributed by atoms with van der Waals surface area (Å²) in [5.41, 5.74) is 2.76. The van der Waals surface area contributed by atoms with Crippen LogP contribution in [0.2, 0.25) is 0 Å². The van der Waals surface area contributed by atoms with Gasteiger partial charge in [-0.25, -0.2) is 5.06 Å². The Hall–Kier alpha value is -1.83. The minimum atomic E-state index is 0.0936. The number of rotatable bonds is 2. The molecule has 1 aromatic carbocycles. The lowest BCUT2D eigenvalue weighted by molar-refractivity contribution is 0.0275. The Morgan fingerprint density at radius 2 is 2.28 bits per heavy atom. The maximum absolute atomic E-state index is 9.07. The zero-order valence-corrected chi connectivity index (χ0v) is 10.0. The first kappa shape index (κ1) is 11.3. The Labute approximate surface area is 106 Å². The molecule has 1 aromatic rings. The van der Waals surface area contributed by atoms with Crippen LogP contribution in [0, 0.1) is 11.3 Å². The Bertz CT molecular complexity index is 513. The number of hydrogen-bond donors (Lipinski definition) is 0. The van der Waals surface area contributed by atoms with Crippen LogP contribution in [0.15, 0.2) is 29.8 Å². The second kappa shape index (κ2) is 4.81. The molecular weight excluding hydrogens is 228 g/mol. The molecule has 0 bridgehead atoms. The molecule has 18 heavy (non-hydrogen) atoms. The lowest BCUT2D eigenvalue weighted by Gasteiger charge is -2.30. The number of ether oxygens (including phenoxy) is 1. The van der Waals surface area contributed by atoms with E-state index in [1.165, 1.54) is 0 Å². The van der Waals surface area contributed by atoms with E-state index in [4.69, 9.17) is 14.8 Å². The van der Waals surface area contributed by atoms with Crippen molar-refractivity contribution in [2.75, 3.05) is 24.8 Å². The summed E-state index contributed by atoms with van der Waals surface area (Å²) in [6, 6.07) is 10.2. The molecule has 0 aromatic heterocycles. The molecular formula is C14H14N2O2. The van der Waals surface area contributed by atoms with Gasteiger partial charge in [-0.15, -0.1) is 0 Å². The third kappa shape index (κ3) is 2.10. The minimum absolute atomic E-state index is 0.0936. The van der Waals surface area contributed by atoms with Crippen LogP contribution in [0.25, 0.3) is 6.08 Å². The van der Waals surface area contributed by atoms with Gasteiger partial charge in [0.25, 0.3) is 0 Å². The number of para-hydroxylation sites is 1. The highest BCUT2D eigenvalue weighted by Gasteiger charge is 2.24. The standard InChI is InChI=1S/C14H14N2O2/c15-8-11-7-12-3-1-2-4-14(12)16(9-11)18-13-5-6-17-10-13/h1-4,7,13H,5-6,9-10H2. The SMILES string of the molecule is N#CC1=Cc2ccccc2N(OC2CCOC2)C1. The molecule has 0 amide bonds. The molecule has 0 radical (unpaired) electrons. The number of nitrogens with zero attached hydrogens (tertiary/aromatic N) is 2. The van der Waals surface area contributed by atoms with Gasteiger partial charge < -0.3 is 4.74 Å². The number of nitriles is 1. The van der Waals surface area contributed by atoms with E-state index in [2.05, 4.69) is 6.07 Å². The van der Waals surface area contributed by atoms with Gasteiger partial charge in [-0.1, -0.05) is 18.2 Å². The third-order valence-corrected chi connectivity index (χ3v) is 3.16. The summed E-state index contributed by atoms with van der Waals surface area (Å²) in [4.78, 5) is 5.93. The monoisotopic (exact) mass is 242 g/mol. The van der Waals surface area contributed by atoms with Crippen LogP contribution in [0.3, 0.4) is 0 Å². The zero-order valence-electron chi connectivity index (χ0n) is 10.0. The summed E-state index contributed by atoms with van der Waals surface area (Å²) in [6.45, 7) is 1.88. The van der Waals surface area contributed by atoms with Gasteiger partial charge in [-0.2, -0.15) is 5.26 Å². The molecule has 2 heterocycles. The van der Waals surface area contributed by atoms with Crippen molar-refractivity contribution in [1.29, 1.82) is 5.26 Å². The quantitative estimate of drug-likeness (QED) is 0.797. The molecule has 4 heteroatoms. The van der Waals surface area contributed by atoms with Crippen molar-refractivity contribution in [1.82, 2.24) is 0 Å². The fraction of sp³-hybridized carbons (Fsp3) is 0.357. The van der Waals surface area contributed by atoms with E-state index in [1.807, 2.05) is 35.4 Å². The highest BCUT2D eigenvalue weighted by atomic mass is 16.7. The summed E-state index contributed by atoms with van der Waals surface area (Å²) < 4.78 is 5.31. The predicted molar refractivity (Wildman–Crippen MR) is 67.7 cm³/mol. The maximum atomic E-state index is 9.07. The molecule has 1 unspecified atom stereocenters. The highest BCUT2D eigenvalue weighted by molar-refractivity contribution is 5.74. The minimum Gasteiger partial charge on any atom is -0.379 e. The summed E-state index contributed by atoms with van der Waals surface area (Å²) in [5, 5.41) is 10.9. The van der Waals surface area contributed by atoms with E-state index in [1.54, 1.807) is 0 Å². The molecule has 2 aliphatic rings. The maximum Gasteiger partial charge on any atom is 0.111 e. The molecule has 0 spiro atoms. The fourth-order valence-electron chi connectivity index (χ4n) is 2.25. The number of hydrogen-bond acceptors (Lipinski definition) is 4. The van der Waals surface area contributed by atoms with Crippen molar-refractivity contribution in [3.05, 3.63) is 35.4 Å². The van der Waals surface area contributed by atoms with Crippen molar-refractivity contribution in [3.8, 4) is 6.07 Å². The predicted octanol–water partition coefficient (Wildman–Crippen LogP) is 2.13. The molecule has 2 aliphatic heterocycles. The van der Waals surface area contributed by atoms with Crippen LogP contribution in [0.1, 0.15) is 12.0 Å². The topological polar surface area (TPSA) is 45.5 Å². The number of fused-ring (bicyclic) bond motifs is 1. The summed E-state index contributed by atoms with van der Waals surface area (Å²) in [7, 11) is 0. The van der Waals surface area contributed by atoms with Crippen molar-refractivity contribution < 1.29 is 9.57 Å². The average Bonchev–Trinajstić information content (AvgIpc) is 2.91. The molecule has 92 valence electrons. The Balaban J connectivity index is 1.86. The number of anilines is 1. The lowest BCUT2D eigenvalue weighted by Crippen LogP contribution is -2.33. The van der Waals surface area contributed by atoms with Gasteiger partial charge in [0.05, 0.1) is 30.5 Å². The summed E-state index contributed by atoms with van der Waals surface area (Å²) in [6.07, 6.45) is 2.92. The number of benzene rings is 1. The average molecular weight is 242 g/mol. The van der Waals surface area contributed by atoms with Crippen LogP contribution < -0.4 is 5.06 Å². The van der Waals surface area contributed by atoms with Gasteiger partial charge in [-0.05, 0) is 12.1 Å². The van der Waals surface area contributed by atoms with Crippen LogP contribution in [0.4, 0.5) is 5.69 Å². The van der Waals surface area contributed by atoms with Gasteiger partial charge in [0, 0.05) is 18.6 Å². The van der Waals surface area contributed by atoms with E-state index >= 15 is 0 Å². The first-order valence-electron chi connectivity index (χ1n) is 6.08. The normalized spacial score (nSPS) is 22.3. The molecule has 0 aliphatic carbocycles. The summed E-state index contributed by atoms with van der Waals surface area (Å²) in [5.74, 6) is 0. The molecule has 1 fully saturated rings. The molecule has 1 saturated heterocycles. The first-order chi connectivity index (χ1) is 8.86. The molecule has 0 N–H and O–H groups in total. The molecule has 1 atom stereocenters. The van der Waals surface area contributed by atoms with E-state index in [0.717, 1.165) is 24.3 Å². The van der Waals surface area contributed by atoms with Crippen LogP contribution in [-0.2, 0) is 9.57 Å². The number of hydroxylamine groups is 1. The van der Waals surface area contributed by atoms with E-state index in [0.29, 0.717) is 18.7 Å². The largest absolute Gasteiger partial charge is 0.379 e. The fourth-order valence-corrected chi connectivity index (χ4v) is 2.25.